The van der Waals surface area contributed by atoms with E-state index in [1.807, 2.05) is 0 Å². The maximum Gasteiger partial charge on any atom is 0.0408 e. The Bertz CT molecular complexity index is 223. The van der Waals surface area contributed by atoms with Crippen LogP contribution in [0.5, 0.6) is 0 Å². The molecule has 0 aliphatic heterocycles. The topological polar surface area (TPSA) is 12.4 Å². The minimum atomic E-state index is -0.293. The van der Waals surface area contributed by atoms with Crippen molar-refractivity contribution in [3.63, 3.8) is 0 Å². The van der Waals surface area contributed by atoms with Gasteiger partial charge in [0, 0.05) is 55.0 Å². The van der Waals surface area contributed by atoms with Crippen molar-refractivity contribution in [2.45, 2.75) is 0 Å². The number of hydrogen-bond donors (Lipinski definition) is 0. The highest BCUT2D eigenvalue weighted by molar-refractivity contribution is 8.61. The molecule has 0 fully saturated rings. The van der Waals surface area contributed by atoms with Gasteiger partial charge in [-0.2, -0.15) is 0 Å². The molecule has 0 aromatic rings. The van der Waals surface area contributed by atoms with Crippen LogP contribution in [0.1, 0.15) is 0 Å². The van der Waals surface area contributed by atoms with Crippen molar-refractivity contribution in [1.29, 1.82) is 0 Å². The van der Waals surface area contributed by atoms with E-state index in [4.69, 9.17) is 11.2 Å². The normalized spacial score (nSPS) is 7.00. The monoisotopic (exact) mass is 189 g/mol. The fourth-order valence-electron chi connectivity index (χ4n) is 0.0542. The first-order chi connectivity index (χ1) is 3.31. The van der Waals surface area contributed by atoms with Gasteiger partial charge in [0.15, 0.2) is 0 Å². The molecular formula is CH3NS5. The minimum Gasteiger partial charge on any atom is -0.224 e. The molecular weight excluding hydrogens is 186 g/mol. The van der Waals surface area contributed by atoms with Gasteiger partial charge in [0.2, 0.25) is 0 Å². The second kappa shape index (κ2) is 5.04. The number of rotatable bonds is 0. The molecule has 0 aliphatic rings. The van der Waals surface area contributed by atoms with Gasteiger partial charge in [-0.05, 0) is 0 Å². The van der Waals surface area contributed by atoms with Crippen molar-refractivity contribution in [1.82, 2.24) is 0 Å². The molecule has 0 rings (SSSR count). The van der Waals surface area contributed by atoms with Crippen LogP contribution in [0.25, 0.3) is 0 Å². The average molecular weight is 189 g/mol. The molecule has 0 atom stereocenters. The van der Waals surface area contributed by atoms with E-state index in [9.17, 15) is 0 Å². The number of nitrogens with zero attached hydrogens (tertiary/aromatic N) is 1. The average Bonchev–Trinajstić information content (AvgIpc) is 1.68. The maximum atomic E-state index is 4.77. The van der Waals surface area contributed by atoms with Gasteiger partial charge >= 0.3 is 0 Å². The fraction of sp³-hybridized carbons (Fsp3) is 1.00. The quantitative estimate of drug-likeness (QED) is 0.545. The van der Waals surface area contributed by atoms with Crippen LogP contribution < -0.4 is 0 Å². The summed E-state index contributed by atoms with van der Waals surface area (Å²) in [6.45, 7) is 0. The van der Waals surface area contributed by atoms with Crippen LogP contribution in [0.15, 0.2) is 4.36 Å². The van der Waals surface area contributed by atoms with Crippen LogP contribution in [0.2, 0.25) is 0 Å². The first-order valence-electron chi connectivity index (χ1n) is 1.30. The van der Waals surface area contributed by atoms with Gasteiger partial charge in [-0.3, -0.25) is 0 Å². The van der Waals surface area contributed by atoms with E-state index in [1.54, 1.807) is 7.05 Å². The highest BCUT2D eigenvalue weighted by atomic mass is 33.3. The third kappa shape index (κ3) is 4.76. The summed E-state index contributed by atoms with van der Waals surface area (Å²) in [6, 6.07) is 0. The summed E-state index contributed by atoms with van der Waals surface area (Å²) >= 11 is 9.33. The molecule has 0 N–H and O–H groups in total. The highest BCUT2D eigenvalue weighted by Crippen LogP contribution is 1.50. The van der Waals surface area contributed by atoms with E-state index < -0.39 is 0 Å². The molecule has 0 radical (unpaired) electrons. The van der Waals surface area contributed by atoms with E-state index in [1.165, 1.54) is 17.8 Å². The van der Waals surface area contributed by atoms with Gasteiger partial charge in [-0.1, -0.05) is 0 Å². The largest absolute Gasteiger partial charge is 0.224 e. The first-order valence-corrected chi connectivity index (χ1v) is 6.99. The van der Waals surface area contributed by atoms with Crippen LogP contribution in [-0.4, -0.2) is 7.05 Å². The zero-order valence-corrected chi connectivity index (χ0v) is 7.57. The lowest BCUT2D eigenvalue weighted by atomic mass is 11.6. The Kier molecular flexibility index (Phi) is 5.69. The smallest absolute Gasteiger partial charge is 0.0408 e. The molecule has 0 heterocycles. The van der Waals surface area contributed by atoms with Crippen LogP contribution in [0.4, 0.5) is 0 Å². The summed E-state index contributed by atoms with van der Waals surface area (Å²) in [5, 5.41) is 0. The van der Waals surface area contributed by atoms with Gasteiger partial charge in [0.1, 0.15) is 0 Å². The van der Waals surface area contributed by atoms with Crippen LogP contribution >= 0.6 is 0 Å². The third-order valence-corrected chi connectivity index (χ3v) is 6.66. The maximum absolute atomic E-state index is 4.77. The molecule has 0 saturated carbocycles. The fourth-order valence-corrected chi connectivity index (χ4v) is 4.58. The summed E-state index contributed by atoms with van der Waals surface area (Å²) < 4.78 is 3.80. The molecule has 0 bridgehead atoms. The molecule has 0 amide bonds. The molecule has 6 heteroatoms. The minimum absolute atomic E-state index is 0.293. The second-order valence-corrected chi connectivity index (χ2v) is 7.40. The van der Waals surface area contributed by atoms with Crippen LogP contribution in [-0.2, 0) is 47.9 Å². The Hall–Kier alpha value is 0.900. The molecule has 42 valence electrons. The Balaban J connectivity index is 5.16. The van der Waals surface area contributed by atoms with Gasteiger partial charge in [0.25, 0.3) is 0 Å². The van der Waals surface area contributed by atoms with E-state index in [2.05, 4.69) is 15.6 Å². The molecule has 0 aliphatic carbocycles. The summed E-state index contributed by atoms with van der Waals surface area (Å²) in [6.07, 6.45) is 0. The third-order valence-electron chi connectivity index (χ3n) is 0.235. The summed E-state index contributed by atoms with van der Waals surface area (Å²) in [5.74, 6) is 0. The molecule has 0 unspecified atom stereocenters. The van der Waals surface area contributed by atoms with Crippen LogP contribution in [0.3, 0.4) is 0 Å². The van der Waals surface area contributed by atoms with Crippen molar-refractivity contribution in [2.75, 3.05) is 7.05 Å². The van der Waals surface area contributed by atoms with Crippen molar-refractivity contribution >= 4 is 47.9 Å². The summed E-state index contributed by atoms with van der Waals surface area (Å²) in [4.78, 5) is 0. The van der Waals surface area contributed by atoms with Gasteiger partial charge in [0.05, 0.1) is 0 Å². The molecule has 0 spiro atoms. The lowest BCUT2D eigenvalue weighted by Gasteiger charge is -1.52. The Morgan fingerprint density at radius 1 is 1.71 bits per heavy atom. The lowest BCUT2D eigenvalue weighted by Crippen LogP contribution is -1.45. The van der Waals surface area contributed by atoms with E-state index in [-0.39, 0.29) is 7.81 Å². The van der Waals surface area contributed by atoms with Gasteiger partial charge < -0.3 is 0 Å². The van der Waals surface area contributed by atoms with Crippen molar-refractivity contribution < 1.29 is 0 Å². The zero-order valence-electron chi connectivity index (χ0n) is 3.49. The van der Waals surface area contributed by atoms with Crippen molar-refractivity contribution in [2.24, 2.45) is 4.36 Å². The predicted octanol–water partition coefficient (Wildman–Crippen LogP) is 0.337. The second-order valence-electron chi connectivity index (χ2n) is 0.536. The van der Waals surface area contributed by atoms with Crippen molar-refractivity contribution in [3.05, 3.63) is 0 Å². The number of hydrogen-bond acceptors (Lipinski definition) is 3. The van der Waals surface area contributed by atoms with Crippen molar-refractivity contribution in [3.8, 4) is 0 Å². The lowest BCUT2D eigenvalue weighted by molar-refractivity contribution is 1.53. The Morgan fingerprint density at radius 3 is 2.43 bits per heavy atom. The summed E-state index contributed by atoms with van der Waals surface area (Å²) in [5.41, 5.74) is 0. The Morgan fingerprint density at radius 2 is 2.29 bits per heavy atom. The molecule has 7 heavy (non-hydrogen) atoms. The first kappa shape index (κ1) is 7.90. The standard InChI is InChI=1S/CH3NS5/c1-2-7(4)6-5-3/h1H3. The zero-order chi connectivity index (χ0) is 5.70. The molecule has 0 aromatic heterocycles. The van der Waals surface area contributed by atoms with E-state index >= 15 is 0 Å². The predicted molar refractivity (Wildman–Crippen MR) is 45.2 cm³/mol. The summed E-state index contributed by atoms with van der Waals surface area (Å²) in [7, 11) is 4.10. The van der Waals surface area contributed by atoms with Gasteiger partial charge in [-0.25, -0.2) is 4.36 Å². The molecule has 1 nitrogen and oxygen atoms in total. The van der Waals surface area contributed by atoms with E-state index in [0.29, 0.717) is 0 Å². The van der Waals surface area contributed by atoms with E-state index in [0.717, 1.165) is 0 Å². The SMILES string of the molecule is CN=S(=S)=S=S=S. The Labute approximate surface area is 59.1 Å². The molecule has 0 saturated heterocycles. The highest BCUT2D eigenvalue weighted by Gasteiger charge is 1.43. The molecule has 0 aromatic carbocycles. The van der Waals surface area contributed by atoms with Gasteiger partial charge in [-0.15, -0.1) is 0 Å². The van der Waals surface area contributed by atoms with Crippen LogP contribution in [0, 0.1) is 0 Å².